The molecular weight excluding hydrogens is 524 g/mol. The zero-order valence-corrected chi connectivity index (χ0v) is 19.5. The van der Waals surface area contributed by atoms with Gasteiger partial charge in [0.25, 0.3) is 0 Å². The van der Waals surface area contributed by atoms with Crippen LogP contribution < -0.4 is 10.5 Å². The molecule has 2 heterocycles. The van der Waals surface area contributed by atoms with Crippen molar-refractivity contribution in [2.45, 2.75) is 57.0 Å². The Morgan fingerprint density at radius 1 is 1.17 bits per heavy atom. The topological polar surface area (TPSA) is 81.0 Å². The summed E-state index contributed by atoms with van der Waals surface area (Å²) in [5.41, 5.74) is 0.326. The molecule has 1 unspecified atom stereocenters. The van der Waals surface area contributed by atoms with Crippen molar-refractivity contribution in [1.82, 2.24) is 15.1 Å². The normalized spacial score (nSPS) is 20.1. The number of rotatable bonds is 5. The number of H-pyrrole nitrogens is 1. The maximum absolute atomic E-state index is 14.0. The molecule has 1 saturated carbocycles. The number of nitrogens with one attached hydrogen (secondary N) is 1. The minimum Gasteiger partial charge on any atom is -0.475 e. The molecule has 190 valence electrons. The molecule has 1 atom stereocenters. The van der Waals surface area contributed by atoms with Crippen LogP contribution in [0.5, 0.6) is 5.75 Å². The SMILES string of the molecule is Cc1nc(C2CCC(C(F)(F)F)CC2)sc1C(Oc1ccc(-c2noc(=O)[nH]2)c(Cl)c1)C(F)(F)F. The molecule has 0 amide bonds. The van der Waals surface area contributed by atoms with Crippen LogP contribution in [0.1, 0.15) is 53.3 Å². The molecule has 0 radical (unpaired) electrons. The Hall–Kier alpha value is -2.54. The van der Waals surface area contributed by atoms with Crippen molar-refractivity contribution in [3.63, 3.8) is 0 Å². The Kier molecular flexibility index (Phi) is 6.93. The summed E-state index contributed by atoms with van der Waals surface area (Å²) >= 11 is 6.95. The van der Waals surface area contributed by atoms with E-state index in [1.165, 1.54) is 19.1 Å². The molecule has 1 fully saturated rings. The van der Waals surface area contributed by atoms with E-state index in [0.29, 0.717) is 5.01 Å². The summed E-state index contributed by atoms with van der Waals surface area (Å²) in [6, 6.07) is 3.71. The van der Waals surface area contributed by atoms with Gasteiger partial charge in [0.2, 0.25) is 6.10 Å². The number of thiazole rings is 1. The number of ether oxygens (including phenoxy) is 1. The number of aryl methyl sites for hydroxylation is 1. The van der Waals surface area contributed by atoms with Gasteiger partial charge in [-0.1, -0.05) is 16.8 Å². The number of alkyl halides is 6. The summed E-state index contributed by atoms with van der Waals surface area (Å²) in [6.45, 7) is 1.41. The van der Waals surface area contributed by atoms with Crippen LogP contribution in [0, 0.1) is 12.8 Å². The maximum Gasteiger partial charge on any atom is 0.439 e. The minimum absolute atomic E-state index is 0.00195. The van der Waals surface area contributed by atoms with E-state index in [1.807, 2.05) is 0 Å². The average Bonchev–Trinajstić information content (AvgIpc) is 3.36. The summed E-state index contributed by atoms with van der Waals surface area (Å²) in [5, 5.41) is 3.83. The second-order valence-electron chi connectivity index (χ2n) is 8.22. The molecule has 1 aliphatic rings. The van der Waals surface area contributed by atoms with E-state index in [-0.39, 0.29) is 64.3 Å². The van der Waals surface area contributed by atoms with Gasteiger partial charge in [-0.15, -0.1) is 11.3 Å². The first-order valence-electron chi connectivity index (χ1n) is 10.5. The fourth-order valence-corrected chi connectivity index (χ4v) is 5.58. The summed E-state index contributed by atoms with van der Waals surface area (Å²) in [6.07, 6.45) is -11.2. The predicted molar refractivity (Wildman–Crippen MR) is 115 cm³/mol. The van der Waals surface area contributed by atoms with Crippen molar-refractivity contribution in [1.29, 1.82) is 0 Å². The molecule has 4 rings (SSSR count). The number of hydrogen-bond donors (Lipinski definition) is 1. The largest absolute Gasteiger partial charge is 0.475 e. The lowest BCUT2D eigenvalue weighted by Crippen LogP contribution is -2.27. The molecule has 14 heteroatoms. The van der Waals surface area contributed by atoms with E-state index in [0.717, 1.165) is 17.4 Å². The molecule has 0 bridgehead atoms. The van der Waals surface area contributed by atoms with E-state index in [1.54, 1.807) is 0 Å². The maximum atomic E-state index is 14.0. The fraction of sp³-hybridized carbons (Fsp3) is 0.476. The summed E-state index contributed by atoms with van der Waals surface area (Å²) in [7, 11) is 0. The lowest BCUT2D eigenvalue weighted by Gasteiger charge is -2.28. The van der Waals surface area contributed by atoms with Gasteiger partial charge in [-0.05, 0) is 50.8 Å². The Labute approximate surface area is 203 Å². The zero-order valence-electron chi connectivity index (χ0n) is 18.0. The van der Waals surface area contributed by atoms with Gasteiger partial charge in [0.1, 0.15) is 5.75 Å². The Morgan fingerprint density at radius 2 is 1.86 bits per heavy atom. The van der Waals surface area contributed by atoms with Gasteiger partial charge in [0.05, 0.1) is 26.5 Å². The lowest BCUT2D eigenvalue weighted by molar-refractivity contribution is -0.197. The molecule has 0 saturated heterocycles. The highest BCUT2D eigenvalue weighted by Gasteiger charge is 2.46. The predicted octanol–water partition coefficient (Wildman–Crippen LogP) is 6.97. The molecule has 35 heavy (non-hydrogen) atoms. The molecule has 2 aromatic heterocycles. The van der Waals surface area contributed by atoms with E-state index < -0.39 is 30.1 Å². The van der Waals surface area contributed by atoms with Gasteiger partial charge >= 0.3 is 18.1 Å². The van der Waals surface area contributed by atoms with Crippen LogP contribution in [0.15, 0.2) is 27.5 Å². The second-order valence-corrected chi connectivity index (χ2v) is 9.69. The molecule has 1 N–H and O–H groups in total. The molecule has 6 nitrogen and oxygen atoms in total. The Bertz CT molecular complexity index is 1240. The minimum atomic E-state index is -4.80. The molecule has 3 aromatic rings. The van der Waals surface area contributed by atoms with Gasteiger partial charge in [0.15, 0.2) is 5.82 Å². The van der Waals surface area contributed by atoms with Crippen molar-refractivity contribution in [2.75, 3.05) is 0 Å². The number of benzene rings is 1. The Balaban J connectivity index is 1.56. The fourth-order valence-electron chi connectivity index (χ4n) is 4.03. The van der Waals surface area contributed by atoms with Crippen molar-refractivity contribution in [3.8, 4) is 17.1 Å². The number of nitrogens with zero attached hydrogens (tertiary/aromatic N) is 2. The first-order chi connectivity index (χ1) is 16.3. The van der Waals surface area contributed by atoms with E-state index in [9.17, 15) is 31.1 Å². The number of aromatic nitrogens is 3. The van der Waals surface area contributed by atoms with Gasteiger partial charge in [-0.3, -0.25) is 9.51 Å². The van der Waals surface area contributed by atoms with Crippen LogP contribution in [-0.4, -0.2) is 27.5 Å². The van der Waals surface area contributed by atoms with Crippen LogP contribution >= 0.6 is 22.9 Å². The van der Waals surface area contributed by atoms with Crippen molar-refractivity contribution in [2.24, 2.45) is 5.92 Å². The van der Waals surface area contributed by atoms with Gasteiger partial charge in [-0.25, -0.2) is 9.78 Å². The standard InChI is InChI=1S/C21H18ClF6N3O3S/c1-9-15(35-18(29-9)10-2-4-11(5-3-10)20(23,24)25)16(21(26,27)28)33-12-6-7-13(14(22)8-12)17-30-19(32)34-31-17/h6-8,10-11,16H,2-5H2,1H3,(H,30,31,32). The van der Waals surface area contributed by atoms with Crippen LogP contribution in [0.3, 0.4) is 0 Å². The van der Waals surface area contributed by atoms with E-state index in [4.69, 9.17) is 16.3 Å². The number of aromatic amines is 1. The summed E-state index contributed by atoms with van der Waals surface area (Å²) in [4.78, 5) is 17.5. The number of hydrogen-bond acceptors (Lipinski definition) is 6. The third-order valence-electron chi connectivity index (χ3n) is 5.81. The molecule has 0 spiro atoms. The van der Waals surface area contributed by atoms with Gasteiger partial charge < -0.3 is 4.74 Å². The van der Waals surface area contributed by atoms with Gasteiger partial charge in [0, 0.05) is 11.5 Å². The second kappa shape index (κ2) is 9.49. The quantitative estimate of drug-likeness (QED) is 0.353. The molecule has 1 aliphatic carbocycles. The molecular formula is C21H18ClF6N3O3S. The third-order valence-corrected chi connectivity index (χ3v) is 7.49. The highest BCUT2D eigenvalue weighted by Crippen LogP contribution is 2.47. The van der Waals surface area contributed by atoms with Crippen LogP contribution in [-0.2, 0) is 0 Å². The van der Waals surface area contributed by atoms with E-state index in [2.05, 4.69) is 19.6 Å². The third kappa shape index (κ3) is 5.66. The first kappa shape index (κ1) is 25.5. The highest BCUT2D eigenvalue weighted by molar-refractivity contribution is 7.11. The zero-order chi connectivity index (χ0) is 25.5. The highest BCUT2D eigenvalue weighted by atomic mass is 35.5. The van der Waals surface area contributed by atoms with E-state index >= 15 is 0 Å². The smallest absolute Gasteiger partial charge is 0.439 e. The van der Waals surface area contributed by atoms with Crippen molar-refractivity contribution in [3.05, 3.63) is 49.4 Å². The number of halogens is 7. The Morgan fingerprint density at radius 3 is 2.40 bits per heavy atom. The van der Waals surface area contributed by atoms with Crippen molar-refractivity contribution >= 4 is 22.9 Å². The van der Waals surface area contributed by atoms with Crippen molar-refractivity contribution < 1.29 is 35.6 Å². The molecule has 0 aliphatic heterocycles. The average molecular weight is 542 g/mol. The monoisotopic (exact) mass is 541 g/mol. The lowest BCUT2D eigenvalue weighted by atomic mass is 9.82. The van der Waals surface area contributed by atoms with Crippen LogP contribution in [0.25, 0.3) is 11.4 Å². The van der Waals surface area contributed by atoms with Crippen LogP contribution in [0.4, 0.5) is 26.3 Å². The first-order valence-corrected chi connectivity index (χ1v) is 11.7. The summed E-state index contributed by atoms with van der Waals surface area (Å²) < 4.78 is 90.5. The van der Waals surface area contributed by atoms with Gasteiger partial charge in [-0.2, -0.15) is 26.3 Å². The molecule has 1 aromatic carbocycles. The summed E-state index contributed by atoms with van der Waals surface area (Å²) in [5.74, 6) is -2.74. The van der Waals surface area contributed by atoms with Crippen LogP contribution in [0.2, 0.25) is 5.02 Å².